The molecule has 1 rings (SSSR count). The molecular formula is C73H112O12. The number of ether oxygens (including phenoxy) is 5. The molecule has 0 saturated carbocycles. The predicted octanol–water partition coefficient (Wildman–Crippen LogP) is 17.7. The van der Waals surface area contributed by atoms with Crippen molar-refractivity contribution in [2.24, 2.45) is 0 Å². The quantitative estimate of drug-likeness (QED) is 0.0228. The lowest BCUT2D eigenvalue weighted by atomic mass is 9.98. The second kappa shape index (κ2) is 58.7. The number of carboxylic acid groups (broad SMARTS) is 1. The van der Waals surface area contributed by atoms with E-state index in [0.717, 1.165) is 167 Å². The molecule has 12 heteroatoms. The SMILES string of the molecule is CC/C=C\C/C=C\C/C=C\C/C=C\C/C=C\CCCCCC(=O)OCC(COC1OC(C(=O)O)C(O)C(O)C1OC(=O)CCCCCCCCC/C=C\C/C=C\C/C=C\CC)OC(=O)CCCCC/C=C\C/C=C\C/C=C\C/C=C\C/C=C\CC. The number of aliphatic carboxylic acids is 1. The monoisotopic (exact) mass is 1180 g/mol. The first kappa shape index (κ1) is 77.4. The van der Waals surface area contributed by atoms with Crippen molar-refractivity contribution < 1.29 is 58.2 Å². The molecular weight excluding hydrogens is 1070 g/mol. The van der Waals surface area contributed by atoms with Gasteiger partial charge in [0.1, 0.15) is 18.8 Å². The van der Waals surface area contributed by atoms with E-state index in [9.17, 15) is 34.5 Å². The smallest absolute Gasteiger partial charge is 0.335 e. The average Bonchev–Trinajstić information content (AvgIpc) is 3.46. The summed E-state index contributed by atoms with van der Waals surface area (Å²) in [6.07, 6.45) is 73.4. The van der Waals surface area contributed by atoms with E-state index in [1.54, 1.807) is 0 Å². The van der Waals surface area contributed by atoms with Gasteiger partial charge in [0.05, 0.1) is 6.61 Å². The largest absolute Gasteiger partial charge is 0.479 e. The first-order chi connectivity index (χ1) is 41.6. The van der Waals surface area contributed by atoms with Crippen LogP contribution in [0.5, 0.6) is 0 Å². The van der Waals surface area contributed by atoms with Gasteiger partial charge < -0.3 is 39.0 Å². The normalized spacial score (nSPS) is 18.5. The minimum atomic E-state index is -1.93. The molecule has 0 aliphatic carbocycles. The van der Waals surface area contributed by atoms with Gasteiger partial charge in [-0.1, -0.05) is 224 Å². The second-order valence-corrected chi connectivity index (χ2v) is 21.2. The fraction of sp³-hybridized carbons (Fsp3) is 0.589. The molecule has 476 valence electrons. The Morgan fingerprint density at radius 2 is 0.706 bits per heavy atom. The van der Waals surface area contributed by atoms with Crippen LogP contribution in [-0.4, -0.2) is 89.2 Å². The Kier molecular flexibility index (Phi) is 53.4. The molecule has 3 N–H and O–H groups in total. The highest BCUT2D eigenvalue weighted by Gasteiger charge is 2.50. The van der Waals surface area contributed by atoms with Crippen LogP contribution in [0.2, 0.25) is 0 Å². The van der Waals surface area contributed by atoms with Gasteiger partial charge in [0.15, 0.2) is 24.6 Å². The van der Waals surface area contributed by atoms with Crippen LogP contribution in [0, 0.1) is 0 Å². The van der Waals surface area contributed by atoms with Crippen LogP contribution in [0.15, 0.2) is 158 Å². The van der Waals surface area contributed by atoms with E-state index >= 15 is 0 Å². The standard InChI is InChI=1S/C73H112O12/c1-4-7-10-13-16-19-22-25-28-31-33-36-38-41-44-47-50-53-56-59-65(74)81-62-64(83-66(75)60-57-54-51-48-45-42-40-37-34-32-29-26-23-20-17-14-11-8-5-2)63-82-73-71(69(78)68(77)70(85-73)72(79)80)84-67(76)61-58-55-52-49-46-43-39-35-30-27-24-21-18-15-12-9-6-3/h7-12,16-21,25-30,33-34,36-37,41-42,44-45,64,68-71,73,77-78H,4-6,13-15,22-24,31-32,35,38-40,43,46-63H2,1-3H3,(H,79,80)/b10-7-,11-8-,12-9-,19-16-,20-17-,21-18-,28-25-,29-26-,30-27-,36-33-,37-34-,44-41-,45-42-. The van der Waals surface area contributed by atoms with Crippen molar-refractivity contribution in [1.82, 2.24) is 0 Å². The van der Waals surface area contributed by atoms with Gasteiger partial charge in [-0.3, -0.25) is 14.4 Å². The first-order valence-corrected chi connectivity index (χ1v) is 32.5. The number of carbonyl (C=O) groups excluding carboxylic acids is 3. The summed E-state index contributed by atoms with van der Waals surface area (Å²) < 4.78 is 28.5. The Morgan fingerprint density at radius 3 is 1.08 bits per heavy atom. The molecule has 1 aliphatic rings. The van der Waals surface area contributed by atoms with Crippen molar-refractivity contribution in [1.29, 1.82) is 0 Å². The Hall–Kier alpha value is -5.66. The van der Waals surface area contributed by atoms with Crippen molar-refractivity contribution in [3.63, 3.8) is 0 Å². The molecule has 85 heavy (non-hydrogen) atoms. The summed E-state index contributed by atoms with van der Waals surface area (Å²) in [6, 6.07) is 0. The fourth-order valence-corrected chi connectivity index (χ4v) is 8.73. The number of rotatable bonds is 53. The summed E-state index contributed by atoms with van der Waals surface area (Å²) >= 11 is 0. The molecule has 0 aromatic carbocycles. The van der Waals surface area contributed by atoms with Crippen molar-refractivity contribution in [2.45, 2.75) is 263 Å². The number of carboxylic acids is 1. The Balaban J connectivity index is 2.73. The lowest BCUT2D eigenvalue weighted by Crippen LogP contribution is -2.61. The summed E-state index contributed by atoms with van der Waals surface area (Å²) in [5, 5.41) is 31.6. The number of aliphatic hydroxyl groups is 2. The van der Waals surface area contributed by atoms with Crippen LogP contribution >= 0.6 is 0 Å². The number of hydrogen-bond acceptors (Lipinski definition) is 11. The number of unbranched alkanes of at least 4 members (excludes halogenated alkanes) is 13. The minimum absolute atomic E-state index is 0.0322. The highest BCUT2D eigenvalue weighted by atomic mass is 16.7. The van der Waals surface area contributed by atoms with Gasteiger partial charge in [0.2, 0.25) is 0 Å². The van der Waals surface area contributed by atoms with Gasteiger partial charge in [-0.05, 0) is 141 Å². The molecule has 6 atom stereocenters. The third kappa shape index (κ3) is 48.2. The molecule has 0 aromatic rings. The molecule has 1 fully saturated rings. The minimum Gasteiger partial charge on any atom is -0.479 e. The van der Waals surface area contributed by atoms with Crippen LogP contribution in [0.4, 0.5) is 0 Å². The summed E-state index contributed by atoms with van der Waals surface area (Å²) in [5.74, 6) is -3.24. The van der Waals surface area contributed by atoms with Crippen molar-refractivity contribution in [3.8, 4) is 0 Å². The van der Waals surface area contributed by atoms with E-state index in [0.29, 0.717) is 19.3 Å². The number of allylic oxidation sites excluding steroid dienone is 26. The van der Waals surface area contributed by atoms with E-state index in [1.807, 2.05) is 0 Å². The molecule has 0 amide bonds. The highest BCUT2D eigenvalue weighted by molar-refractivity contribution is 5.74. The number of carbonyl (C=O) groups is 4. The van der Waals surface area contributed by atoms with Crippen molar-refractivity contribution in [3.05, 3.63) is 158 Å². The van der Waals surface area contributed by atoms with E-state index in [1.165, 1.54) is 0 Å². The van der Waals surface area contributed by atoms with Crippen LogP contribution in [0.1, 0.15) is 226 Å². The maximum absolute atomic E-state index is 13.2. The molecule has 0 bridgehead atoms. The third-order valence-corrected chi connectivity index (χ3v) is 13.6. The third-order valence-electron chi connectivity index (χ3n) is 13.6. The predicted molar refractivity (Wildman–Crippen MR) is 349 cm³/mol. The fourth-order valence-electron chi connectivity index (χ4n) is 8.73. The number of hydrogen-bond donors (Lipinski definition) is 3. The zero-order valence-corrected chi connectivity index (χ0v) is 52.5. The Morgan fingerprint density at radius 1 is 0.388 bits per heavy atom. The van der Waals surface area contributed by atoms with Gasteiger partial charge in [-0.2, -0.15) is 0 Å². The zero-order chi connectivity index (χ0) is 61.7. The van der Waals surface area contributed by atoms with E-state index in [-0.39, 0.29) is 25.9 Å². The maximum Gasteiger partial charge on any atom is 0.335 e. The van der Waals surface area contributed by atoms with Crippen molar-refractivity contribution >= 4 is 23.9 Å². The highest BCUT2D eigenvalue weighted by Crippen LogP contribution is 2.26. The maximum atomic E-state index is 13.2. The number of aliphatic hydroxyl groups excluding tert-OH is 2. The van der Waals surface area contributed by atoms with Gasteiger partial charge >= 0.3 is 23.9 Å². The van der Waals surface area contributed by atoms with Crippen LogP contribution in [0.3, 0.4) is 0 Å². The second-order valence-electron chi connectivity index (χ2n) is 21.2. The average molecular weight is 1180 g/mol. The Labute approximate surface area is 514 Å². The first-order valence-electron chi connectivity index (χ1n) is 32.5. The summed E-state index contributed by atoms with van der Waals surface area (Å²) in [4.78, 5) is 51.4. The molecule has 6 unspecified atom stereocenters. The van der Waals surface area contributed by atoms with Crippen LogP contribution in [-0.2, 0) is 42.9 Å². The molecule has 1 saturated heterocycles. The lowest BCUT2D eigenvalue weighted by Gasteiger charge is -2.40. The van der Waals surface area contributed by atoms with Gasteiger partial charge in [0.25, 0.3) is 0 Å². The van der Waals surface area contributed by atoms with Crippen LogP contribution < -0.4 is 0 Å². The lowest BCUT2D eigenvalue weighted by molar-refractivity contribution is -0.301. The zero-order valence-electron chi connectivity index (χ0n) is 52.5. The number of esters is 3. The Bertz CT molecular complexity index is 2080. The van der Waals surface area contributed by atoms with Crippen LogP contribution in [0.25, 0.3) is 0 Å². The summed E-state index contributed by atoms with van der Waals surface area (Å²) in [7, 11) is 0. The van der Waals surface area contributed by atoms with E-state index in [4.69, 9.17) is 23.7 Å². The van der Waals surface area contributed by atoms with E-state index < -0.39 is 67.3 Å². The summed E-state index contributed by atoms with van der Waals surface area (Å²) in [6.45, 7) is 5.60. The molecule has 1 heterocycles. The van der Waals surface area contributed by atoms with Gasteiger partial charge in [0, 0.05) is 19.3 Å². The van der Waals surface area contributed by atoms with Crippen molar-refractivity contribution in [2.75, 3.05) is 13.2 Å². The molecule has 0 radical (unpaired) electrons. The molecule has 12 nitrogen and oxygen atoms in total. The van der Waals surface area contributed by atoms with Gasteiger partial charge in [-0.25, -0.2) is 4.79 Å². The topological polar surface area (TPSA) is 175 Å². The van der Waals surface area contributed by atoms with E-state index in [2.05, 4.69) is 179 Å². The molecule has 0 aromatic heterocycles. The summed E-state index contributed by atoms with van der Waals surface area (Å²) in [5.41, 5.74) is 0. The van der Waals surface area contributed by atoms with Gasteiger partial charge in [-0.15, -0.1) is 0 Å². The molecule has 1 aliphatic heterocycles. The molecule has 0 spiro atoms.